The summed E-state index contributed by atoms with van der Waals surface area (Å²) >= 11 is 8.41. The van der Waals surface area contributed by atoms with Crippen LogP contribution in [0.1, 0.15) is 56.1 Å². The molecule has 0 bridgehead atoms. The number of nitrogens with one attached hydrogen (secondary N) is 2. The number of carbonyl (C=O) groups is 1. The van der Waals surface area contributed by atoms with E-state index in [0.717, 1.165) is 31.9 Å². The molecule has 2 aliphatic heterocycles. The number of likely N-dealkylation sites (N-methyl/N-ethyl adjacent to an activating group) is 1. The van der Waals surface area contributed by atoms with Crippen molar-refractivity contribution in [3.8, 4) is 0 Å². The second-order valence-corrected chi connectivity index (χ2v) is 17.2. The lowest BCUT2D eigenvalue weighted by Gasteiger charge is -2.47. The van der Waals surface area contributed by atoms with E-state index in [-0.39, 0.29) is 71.8 Å². The fraction of sp³-hybridized carbons (Fsp3) is 0.833. The number of piperidine rings is 1. The predicted octanol–water partition coefficient (Wildman–Crippen LogP) is 2.87. The molecule has 9 unspecified atom stereocenters. The molecule has 1 amide bonds. The second kappa shape index (κ2) is 14.2. The summed E-state index contributed by atoms with van der Waals surface area (Å²) in [6.07, 6.45) is 0.990. The van der Waals surface area contributed by atoms with Gasteiger partial charge in [0.1, 0.15) is 5.82 Å². The van der Waals surface area contributed by atoms with Crippen molar-refractivity contribution in [3.63, 3.8) is 0 Å². The molecule has 10 nitrogen and oxygen atoms in total. The smallest absolute Gasteiger partial charge is 0.376 e. The van der Waals surface area contributed by atoms with Crippen molar-refractivity contribution in [1.29, 1.82) is 0 Å². The Kier molecular flexibility index (Phi) is 11.1. The first kappa shape index (κ1) is 35.9. The van der Waals surface area contributed by atoms with Crippen molar-refractivity contribution in [2.45, 2.75) is 106 Å². The fourth-order valence-electron chi connectivity index (χ4n) is 8.04. The zero-order valence-corrected chi connectivity index (χ0v) is 29.1. The highest BCUT2D eigenvalue weighted by Gasteiger charge is 2.52. The standard InChI is InChI=1S/C30H45ClF3N5O5S2/c1-16-11-21(27-26(35-16)23(14-45-27)28(40)37-46(4,42)43)20-12-18(31)5-8-25(20)44-10-9-39-17(2)36-24-7-6-19(13-22(24)29(39)41)38(3)15-30(32,33)34/h16,18-21,23,25-27,35H,5-15H2,1-4H3,(H,37,40). The van der Waals surface area contributed by atoms with E-state index in [9.17, 15) is 31.2 Å². The quantitative estimate of drug-likeness (QED) is 0.373. The normalized spacial score (nSPS) is 33.5. The van der Waals surface area contributed by atoms with E-state index in [1.807, 2.05) is 0 Å². The van der Waals surface area contributed by atoms with E-state index < -0.39 is 34.6 Å². The van der Waals surface area contributed by atoms with Crippen LogP contribution in [-0.4, -0.2) is 102 Å². The molecule has 3 heterocycles. The molecular weight excluding hydrogens is 667 g/mol. The molecule has 46 heavy (non-hydrogen) atoms. The fourth-order valence-corrected chi connectivity index (χ4v) is 10.7. The maximum Gasteiger partial charge on any atom is 0.401 e. The summed E-state index contributed by atoms with van der Waals surface area (Å²) in [5, 5.41) is 3.66. The number of hydrogen-bond donors (Lipinski definition) is 2. The van der Waals surface area contributed by atoms with E-state index in [1.165, 1.54) is 11.9 Å². The summed E-state index contributed by atoms with van der Waals surface area (Å²) in [6, 6.07) is -0.431. The first-order chi connectivity index (χ1) is 21.5. The molecule has 2 aliphatic carbocycles. The SMILES string of the molecule is Cc1nc2c(c(=O)n1CCOC1CCC(Cl)CC1C1CC(C)NC3C(C(=O)NS(C)(=O)=O)CSC13)CC(N(C)CC(F)(F)F)CC2. The molecule has 0 spiro atoms. The van der Waals surface area contributed by atoms with Crippen LogP contribution in [0.4, 0.5) is 13.2 Å². The molecule has 1 aromatic rings. The van der Waals surface area contributed by atoms with Crippen LogP contribution in [0.3, 0.4) is 0 Å². The van der Waals surface area contributed by atoms with E-state index in [1.54, 1.807) is 23.3 Å². The molecule has 1 saturated carbocycles. The highest BCUT2D eigenvalue weighted by atomic mass is 35.5. The van der Waals surface area contributed by atoms with E-state index >= 15 is 0 Å². The average molecular weight is 712 g/mol. The van der Waals surface area contributed by atoms with Gasteiger partial charge in [-0.15, -0.1) is 11.6 Å². The Labute approximate surface area is 278 Å². The Balaban J connectivity index is 1.27. The molecule has 1 aromatic heterocycles. The molecular formula is C30H45ClF3N5O5S2. The van der Waals surface area contributed by atoms with Crippen molar-refractivity contribution < 1.29 is 31.1 Å². The second-order valence-electron chi connectivity index (χ2n) is 13.6. The van der Waals surface area contributed by atoms with Crippen molar-refractivity contribution in [1.82, 2.24) is 24.5 Å². The first-order valence-electron chi connectivity index (χ1n) is 16.0. The Bertz CT molecular complexity index is 1450. The van der Waals surface area contributed by atoms with Gasteiger partial charge < -0.3 is 10.1 Å². The van der Waals surface area contributed by atoms with Gasteiger partial charge in [0.15, 0.2) is 0 Å². The molecule has 0 radical (unpaired) electrons. The molecule has 3 fully saturated rings. The number of fused-ring (bicyclic) bond motifs is 2. The lowest BCUT2D eigenvalue weighted by molar-refractivity contribution is -0.147. The number of thioether (sulfide) groups is 1. The Hall–Kier alpha value is -1.39. The first-order valence-corrected chi connectivity index (χ1v) is 19.4. The summed E-state index contributed by atoms with van der Waals surface area (Å²) < 4.78 is 72.8. The van der Waals surface area contributed by atoms with E-state index in [0.29, 0.717) is 35.7 Å². The van der Waals surface area contributed by atoms with E-state index in [4.69, 9.17) is 16.3 Å². The van der Waals surface area contributed by atoms with Gasteiger partial charge in [0.05, 0.1) is 43.7 Å². The van der Waals surface area contributed by atoms with Gasteiger partial charge in [-0.1, -0.05) is 0 Å². The Morgan fingerprint density at radius 2 is 1.98 bits per heavy atom. The number of rotatable bonds is 9. The van der Waals surface area contributed by atoms with Gasteiger partial charge >= 0.3 is 6.18 Å². The average Bonchev–Trinajstić information content (AvgIpc) is 3.37. The van der Waals surface area contributed by atoms with Gasteiger partial charge in [-0.3, -0.25) is 23.8 Å². The molecule has 2 N–H and O–H groups in total. The minimum Gasteiger partial charge on any atom is -0.376 e. The number of amides is 1. The van der Waals surface area contributed by atoms with Crippen molar-refractivity contribution in [2.75, 3.05) is 32.2 Å². The highest BCUT2D eigenvalue weighted by molar-refractivity contribution is 8.00. The lowest BCUT2D eigenvalue weighted by Crippen LogP contribution is -2.58. The molecule has 16 heteroatoms. The summed E-state index contributed by atoms with van der Waals surface area (Å²) in [7, 11) is -2.22. The predicted molar refractivity (Wildman–Crippen MR) is 172 cm³/mol. The van der Waals surface area contributed by atoms with Gasteiger partial charge in [0.2, 0.25) is 15.9 Å². The molecule has 9 atom stereocenters. The zero-order valence-electron chi connectivity index (χ0n) is 26.7. The van der Waals surface area contributed by atoms with Crippen LogP contribution in [-0.2, 0) is 38.9 Å². The number of sulfonamides is 1. The van der Waals surface area contributed by atoms with Crippen LogP contribution in [0, 0.1) is 24.7 Å². The molecule has 2 saturated heterocycles. The monoisotopic (exact) mass is 711 g/mol. The number of aryl methyl sites for hydroxylation is 2. The van der Waals surface area contributed by atoms with Crippen LogP contribution in [0.5, 0.6) is 0 Å². The van der Waals surface area contributed by atoms with Crippen LogP contribution >= 0.6 is 23.4 Å². The molecule has 4 aliphatic rings. The third-order valence-electron chi connectivity index (χ3n) is 10.1. The number of alkyl halides is 4. The van der Waals surface area contributed by atoms with Crippen LogP contribution in [0.2, 0.25) is 0 Å². The lowest BCUT2D eigenvalue weighted by atomic mass is 9.70. The largest absolute Gasteiger partial charge is 0.401 e. The third-order valence-corrected chi connectivity index (χ3v) is 12.7. The van der Waals surface area contributed by atoms with Gasteiger partial charge in [0, 0.05) is 40.1 Å². The summed E-state index contributed by atoms with van der Waals surface area (Å²) in [6.45, 7) is 3.38. The summed E-state index contributed by atoms with van der Waals surface area (Å²) in [5.74, 6) is 0.467. The van der Waals surface area contributed by atoms with Crippen molar-refractivity contribution in [2.24, 2.45) is 17.8 Å². The highest BCUT2D eigenvalue weighted by Crippen LogP contribution is 2.48. The Morgan fingerprint density at radius 1 is 1.24 bits per heavy atom. The van der Waals surface area contributed by atoms with Crippen LogP contribution in [0.25, 0.3) is 0 Å². The number of hydrogen-bond acceptors (Lipinski definition) is 9. The maximum absolute atomic E-state index is 13.6. The minimum absolute atomic E-state index is 0.00218. The van der Waals surface area contributed by atoms with Gasteiger partial charge in [-0.2, -0.15) is 24.9 Å². The van der Waals surface area contributed by atoms with Crippen LogP contribution < -0.4 is 15.6 Å². The number of nitrogens with zero attached hydrogens (tertiary/aromatic N) is 3. The third kappa shape index (κ3) is 8.42. The molecule has 260 valence electrons. The van der Waals surface area contributed by atoms with Crippen molar-refractivity contribution >= 4 is 39.3 Å². The minimum atomic E-state index is -4.31. The summed E-state index contributed by atoms with van der Waals surface area (Å²) in [5.41, 5.74) is 0.941. The van der Waals surface area contributed by atoms with Gasteiger partial charge in [-0.05, 0) is 77.7 Å². The number of carbonyl (C=O) groups excluding carboxylic acids is 1. The Morgan fingerprint density at radius 3 is 2.67 bits per heavy atom. The number of aromatic nitrogens is 2. The molecule has 0 aromatic carbocycles. The molecule has 5 rings (SSSR count). The topological polar surface area (TPSA) is 123 Å². The van der Waals surface area contributed by atoms with Crippen molar-refractivity contribution in [3.05, 3.63) is 27.4 Å². The van der Waals surface area contributed by atoms with Crippen LogP contribution in [0.15, 0.2) is 4.79 Å². The maximum atomic E-state index is 13.6. The summed E-state index contributed by atoms with van der Waals surface area (Å²) in [4.78, 5) is 32.4. The number of ether oxygens (including phenoxy) is 1. The van der Waals surface area contributed by atoms with E-state index in [2.05, 4.69) is 21.9 Å². The number of halogens is 4. The zero-order chi connectivity index (χ0) is 33.6. The van der Waals surface area contributed by atoms with Gasteiger partial charge in [0.25, 0.3) is 5.56 Å². The van der Waals surface area contributed by atoms with Gasteiger partial charge in [-0.25, -0.2) is 13.4 Å².